The first-order valence-electron chi connectivity index (χ1n) is 5.68. The van der Waals surface area contributed by atoms with Gasteiger partial charge in [0.05, 0.1) is 5.69 Å². The lowest BCUT2D eigenvalue weighted by Gasteiger charge is -2.08. The Hall–Kier alpha value is -1.62. The van der Waals surface area contributed by atoms with Gasteiger partial charge in [-0.15, -0.1) is 0 Å². The van der Waals surface area contributed by atoms with Crippen molar-refractivity contribution in [3.05, 3.63) is 50.9 Å². The SMILES string of the molecule is CC(C)c1cc(=O)[nH]c(Nc2ccc(Br)cc2)n1. The summed E-state index contributed by atoms with van der Waals surface area (Å²) < 4.78 is 1.01. The number of anilines is 2. The molecule has 0 fully saturated rings. The molecule has 1 heterocycles. The minimum absolute atomic E-state index is 0.145. The molecule has 2 rings (SSSR count). The van der Waals surface area contributed by atoms with Crippen LogP contribution in [0.2, 0.25) is 0 Å². The molecule has 5 heteroatoms. The average Bonchev–Trinajstić information content (AvgIpc) is 2.31. The molecule has 4 nitrogen and oxygen atoms in total. The minimum atomic E-state index is -0.145. The molecule has 0 atom stereocenters. The normalized spacial score (nSPS) is 10.7. The van der Waals surface area contributed by atoms with Crippen molar-refractivity contribution in [1.82, 2.24) is 9.97 Å². The first kappa shape index (κ1) is 12.8. The number of aromatic amines is 1. The van der Waals surface area contributed by atoms with E-state index >= 15 is 0 Å². The van der Waals surface area contributed by atoms with E-state index in [9.17, 15) is 4.79 Å². The van der Waals surface area contributed by atoms with E-state index in [0.29, 0.717) is 5.95 Å². The number of nitrogens with one attached hydrogen (secondary N) is 2. The fourth-order valence-corrected chi connectivity index (χ4v) is 1.77. The maximum atomic E-state index is 11.5. The van der Waals surface area contributed by atoms with Crippen molar-refractivity contribution in [2.75, 3.05) is 5.32 Å². The summed E-state index contributed by atoms with van der Waals surface area (Å²) in [5, 5.41) is 3.08. The van der Waals surface area contributed by atoms with Crippen LogP contribution in [0.3, 0.4) is 0 Å². The van der Waals surface area contributed by atoms with Crippen molar-refractivity contribution in [3.8, 4) is 0 Å². The van der Waals surface area contributed by atoms with Crippen molar-refractivity contribution in [2.45, 2.75) is 19.8 Å². The van der Waals surface area contributed by atoms with Crippen LogP contribution in [0.5, 0.6) is 0 Å². The quantitative estimate of drug-likeness (QED) is 0.913. The predicted octanol–water partition coefficient (Wildman–Crippen LogP) is 3.40. The molecule has 2 aromatic rings. The van der Waals surface area contributed by atoms with E-state index in [1.54, 1.807) is 0 Å². The molecule has 2 N–H and O–H groups in total. The van der Waals surface area contributed by atoms with Crippen LogP contribution in [0.15, 0.2) is 39.6 Å². The molecule has 0 saturated carbocycles. The minimum Gasteiger partial charge on any atom is -0.326 e. The van der Waals surface area contributed by atoms with E-state index in [4.69, 9.17) is 0 Å². The summed E-state index contributed by atoms with van der Waals surface area (Å²) in [7, 11) is 0. The summed E-state index contributed by atoms with van der Waals surface area (Å²) in [6.07, 6.45) is 0. The van der Waals surface area contributed by atoms with Crippen LogP contribution in [0.1, 0.15) is 25.5 Å². The second-order valence-corrected chi connectivity index (χ2v) is 5.22. The highest BCUT2D eigenvalue weighted by Crippen LogP contribution is 2.17. The molecule has 0 aliphatic rings. The van der Waals surface area contributed by atoms with Gasteiger partial charge >= 0.3 is 0 Å². The Morgan fingerprint density at radius 1 is 1.28 bits per heavy atom. The molecule has 0 aliphatic heterocycles. The molecule has 0 unspecified atom stereocenters. The lowest BCUT2D eigenvalue weighted by molar-refractivity contribution is 0.812. The zero-order chi connectivity index (χ0) is 13.1. The van der Waals surface area contributed by atoms with Crippen molar-refractivity contribution in [2.24, 2.45) is 0 Å². The summed E-state index contributed by atoms with van der Waals surface area (Å²) in [5.74, 6) is 0.686. The summed E-state index contributed by atoms with van der Waals surface area (Å²) >= 11 is 3.37. The standard InChI is InChI=1S/C13H14BrN3O/c1-8(2)11-7-12(18)17-13(16-11)15-10-5-3-9(14)4-6-10/h3-8H,1-2H3,(H2,15,16,17,18). The summed E-state index contributed by atoms with van der Waals surface area (Å²) in [4.78, 5) is 18.6. The van der Waals surface area contributed by atoms with E-state index in [1.165, 1.54) is 6.07 Å². The van der Waals surface area contributed by atoms with Gasteiger partial charge < -0.3 is 5.32 Å². The van der Waals surface area contributed by atoms with E-state index in [-0.39, 0.29) is 11.5 Å². The Labute approximate surface area is 114 Å². The Balaban J connectivity index is 2.28. The Kier molecular flexibility index (Phi) is 3.81. The van der Waals surface area contributed by atoms with Gasteiger partial charge in [0.1, 0.15) is 0 Å². The van der Waals surface area contributed by atoms with Crippen LogP contribution in [-0.2, 0) is 0 Å². The highest BCUT2D eigenvalue weighted by Gasteiger charge is 2.05. The highest BCUT2D eigenvalue weighted by molar-refractivity contribution is 9.10. The molecule has 94 valence electrons. The molecule has 18 heavy (non-hydrogen) atoms. The van der Waals surface area contributed by atoms with Crippen LogP contribution in [0, 0.1) is 0 Å². The van der Waals surface area contributed by atoms with Crippen LogP contribution >= 0.6 is 15.9 Å². The Bertz CT molecular complexity index is 590. The lowest BCUT2D eigenvalue weighted by Crippen LogP contribution is -2.12. The molecule has 0 spiro atoms. The smallest absolute Gasteiger partial charge is 0.252 e. The third kappa shape index (κ3) is 3.20. The number of hydrogen-bond acceptors (Lipinski definition) is 3. The summed E-state index contributed by atoms with van der Waals surface area (Å²) in [6.45, 7) is 4.01. The third-order valence-corrected chi connectivity index (χ3v) is 2.99. The second kappa shape index (κ2) is 5.35. The molecular formula is C13H14BrN3O. The van der Waals surface area contributed by atoms with Crippen LogP contribution in [0.25, 0.3) is 0 Å². The van der Waals surface area contributed by atoms with Crippen LogP contribution in [-0.4, -0.2) is 9.97 Å². The van der Waals surface area contributed by atoms with Gasteiger partial charge in [0.2, 0.25) is 5.95 Å². The zero-order valence-corrected chi connectivity index (χ0v) is 11.8. The Morgan fingerprint density at radius 2 is 1.94 bits per heavy atom. The van der Waals surface area contributed by atoms with Crippen molar-refractivity contribution in [3.63, 3.8) is 0 Å². The number of aromatic nitrogens is 2. The van der Waals surface area contributed by atoms with Gasteiger partial charge in [-0.1, -0.05) is 29.8 Å². The molecule has 0 amide bonds. The van der Waals surface area contributed by atoms with Gasteiger partial charge in [0.15, 0.2) is 0 Å². The van der Waals surface area contributed by atoms with Gasteiger partial charge in [-0.05, 0) is 30.2 Å². The largest absolute Gasteiger partial charge is 0.326 e. The number of hydrogen-bond donors (Lipinski definition) is 2. The molecule has 0 saturated heterocycles. The molecule has 0 aliphatic carbocycles. The van der Waals surface area contributed by atoms with Crippen molar-refractivity contribution < 1.29 is 0 Å². The number of nitrogens with zero attached hydrogens (tertiary/aromatic N) is 1. The fraction of sp³-hybridized carbons (Fsp3) is 0.231. The van der Waals surface area contributed by atoms with Crippen LogP contribution in [0.4, 0.5) is 11.6 Å². The van der Waals surface area contributed by atoms with E-state index in [2.05, 4.69) is 31.2 Å². The monoisotopic (exact) mass is 307 g/mol. The highest BCUT2D eigenvalue weighted by atomic mass is 79.9. The topological polar surface area (TPSA) is 57.8 Å². The molecule has 0 radical (unpaired) electrons. The van der Waals surface area contributed by atoms with Crippen LogP contribution < -0.4 is 10.9 Å². The average molecular weight is 308 g/mol. The first-order valence-corrected chi connectivity index (χ1v) is 6.48. The van der Waals surface area contributed by atoms with Crippen molar-refractivity contribution in [1.29, 1.82) is 0 Å². The lowest BCUT2D eigenvalue weighted by atomic mass is 10.1. The predicted molar refractivity (Wildman–Crippen MR) is 76.4 cm³/mol. The molecular weight excluding hydrogens is 294 g/mol. The fourth-order valence-electron chi connectivity index (χ4n) is 1.50. The Morgan fingerprint density at radius 3 is 2.56 bits per heavy atom. The summed E-state index contributed by atoms with van der Waals surface area (Å²) in [6, 6.07) is 9.19. The van der Waals surface area contributed by atoms with E-state index < -0.39 is 0 Å². The second-order valence-electron chi connectivity index (χ2n) is 4.31. The van der Waals surface area contributed by atoms with Crippen molar-refractivity contribution >= 4 is 27.6 Å². The first-order chi connectivity index (χ1) is 8.54. The zero-order valence-electron chi connectivity index (χ0n) is 10.2. The summed E-state index contributed by atoms with van der Waals surface area (Å²) in [5.41, 5.74) is 1.51. The molecule has 1 aromatic heterocycles. The van der Waals surface area contributed by atoms with Gasteiger partial charge in [0.25, 0.3) is 5.56 Å². The van der Waals surface area contributed by atoms with Gasteiger partial charge in [-0.3, -0.25) is 9.78 Å². The van der Waals surface area contributed by atoms with E-state index in [1.807, 2.05) is 38.1 Å². The van der Waals surface area contributed by atoms with Gasteiger partial charge in [0, 0.05) is 16.2 Å². The number of benzene rings is 1. The number of H-pyrrole nitrogens is 1. The third-order valence-electron chi connectivity index (χ3n) is 2.46. The molecule has 1 aromatic carbocycles. The number of halogens is 1. The van der Waals surface area contributed by atoms with E-state index in [0.717, 1.165) is 15.9 Å². The molecule has 0 bridgehead atoms. The van der Waals surface area contributed by atoms with Gasteiger partial charge in [-0.25, -0.2) is 4.98 Å². The maximum Gasteiger partial charge on any atom is 0.252 e. The number of rotatable bonds is 3. The van der Waals surface area contributed by atoms with Gasteiger partial charge in [-0.2, -0.15) is 0 Å². The maximum absolute atomic E-state index is 11.5.